The number of fused-ring (bicyclic) bond motifs is 1. The highest BCUT2D eigenvalue weighted by Crippen LogP contribution is 2.27. The third-order valence-corrected chi connectivity index (χ3v) is 5.50. The number of carbonyl (C=O) groups excluding carboxylic acids is 1. The molecule has 4 rings (SSSR count). The van der Waals surface area contributed by atoms with Gasteiger partial charge in [-0.2, -0.15) is 0 Å². The van der Waals surface area contributed by atoms with E-state index in [1.807, 2.05) is 25.1 Å². The molecule has 1 unspecified atom stereocenters. The van der Waals surface area contributed by atoms with E-state index in [2.05, 4.69) is 38.4 Å². The van der Waals surface area contributed by atoms with E-state index in [9.17, 15) is 4.79 Å². The number of hydrogen-bond donors (Lipinski definition) is 1. The Labute approximate surface area is 161 Å². The van der Waals surface area contributed by atoms with Crippen molar-refractivity contribution in [1.82, 2.24) is 20.1 Å². The number of benzene rings is 1. The van der Waals surface area contributed by atoms with Crippen LogP contribution in [0.15, 0.2) is 30.5 Å². The molecule has 2 aromatic heterocycles. The van der Waals surface area contributed by atoms with Crippen LogP contribution in [-0.4, -0.2) is 58.3 Å². The van der Waals surface area contributed by atoms with E-state index in [1.54, 1.807) is 17.5 Å². The first-order chi connectivity index (χ1) is 13.1. The maximum Gasteiger partial charge on any atom is 0.239 e. The van der Waals surface area contributed by atoms with Crippen molar-refractivity contribution in [2.45, 2.75) is 19.9 Å². The largest absolute Gasteiger partial charge is 0.379 e. The quantitative estimate of drug-likeness (QED) is 0.746. The maximum atomic E-state index is 12.4. The molecule has 1 aliphatic heterocycles. The van der Waals surface area contributed by atoms with Gasteiger partial charge in [0.15, 0.2) is 0 Å². The normalized spacial score (nSPS) is 17.9. The van der Waals surface area contributed by atoms with Crippen LogP contribution in [0.25, 0.3) is 21.3 Å². The number of hydrogen-bond acceptors (Lipinski definition) is 7. The number of aromatic nitrogens is 3. The minimum absolute atomic E-state index is 0.0634. The molecule has 8 heteroatoms. The van der Waals surface area contributed by atoms with E-state index in [0.29, 0.717) is 25.6 Å². The van der Waals surface area contributed by atoms with Crippen molar-refractivity contribution in [1.29, 1.82) is 0 Å². The SMILES string of the molecule is Cc1nnc(-c2ccc3cnc(NC(=O)CN4CCOCC4C)cc3c2)s1. The fraction of sp³-hybridized carbons (Fsp3) is 0.368. The Morgan fingerprint density at radius 3 is 3.00 bits per heavy atom. The summed E-state index contributed by atoms with van der Waals surface area (Å²) in [5.41, 5.74) is 1.01. The highest BCUT2D eigenvalue weighted by Gasteiger charge is 2.21. The summed E-state index contributed by atoms with van der Waals surface area (Å²) in [6, 6.07) is 8.22. The van der Waals surface area contributed by atoms with Gasteiger partial charge in [-0.25, -0.2) is 4.98 Å². The van der Waals surface area contributed by atoms with Crippen molar-refractivity contribution in [3.05, 3.63) is 35.5 Å². The molecule has 1 atom stereocenters. The third kappa shape index (κ3) is 4.13. The van der Waals surface area contributed by atoms with Gasteiger partial charge in [0.2, 0.25) is 5.91 Å². The molecule has 0 radical (unpaired) electrons. The Balaban J connectivity index is 1.51. The van der Waals surface area contributed by atoms with E-state index < -0.39 is 0 Å². The fourth-order valence-electron chi connectivity index (χ4n) is 3.12. The number of morpholine rings is 1. The van der Waals surface area contributed by atoms with Gasteiger partial charge < -0.3 is 10.1 Å². The monoisotopic (exact) mass is 383 g/mol. The number of nitrogens with zero attached hydrogens (tertiary/aromatic N) is 4. The Hall–Kier alpha value is -2.42. The number of nitrogens with one attached hydrogen (secondary N) is 1. The predicted octanol–water partition coefficient (Wildman–Crippen LogP) is 2.72. The molecule has 1 saturated heterocycles. The van der Waals surface area contributed by atoms with Gasteiger partial charge in [-0.05, 0) is 31.4 Å². The van der Waals surface area contributed by atoms with Gasteiger partial charge in [-0.15, -0.1) is 10.2 Å². The molecule has 1 fully saturated rings. The van der Waals surface area contributed by atoms with Gasteiger partial charge in [0, 0.05) is 29.7 Å². The van der Waals surface area contributed by atoms with E-state index in [-0.39, 0.29) is 11.9 Å². The van der Waals surface area contributed by atoms with Crippen molar-refractivity contribution >= 4 is 33.8 Å². The second-order valence-electron chi connectivity index (χ2n) is 6.70. The van der Waals surface area contributed by atoms with Crippen molar-refractivity contribution in [2.75, 3.05) is 31.6 Å². The maximum absolute atomic E-state index is 12.4. The Kier molecular flexibility index (Phi) is 5.11. The van der Waals surface area contributed by atoms with Gasteiger partial charge in [-0.1, -0.05) is 23.5 Å². The zero-order chi connectivity index (χ0) is 18.8. The number of anilines is 1. The van der Waals surface area contributed by atoms with Crippen LogP contribution in [0.4, 0.5) is 5.82 Å². The molecule has 1 N–H and O–H groups in total. The molecule has 3 aromatic rings. The highest BCUT2D eigenvalue weighted by atomic mass is 32.1. The number of rotatable bonds is 4. The summed E-state index contributed by atoms with van der Waals surface area (Å²) >= 11 is 1.56. The molecule has 140 valence electrons. The average Bonchev–Trinajstić information content (AvgIpc) is 3.09. The fourth-order valence-corrected chi connectivity index (χ4v) is 3.81. The first-order valence-electron chi connectivity index (χ1n) is 8.90. The molecule has 0 bridgehead atoms. The van der Waals surface area contributed by atoms with E-state index in [4.69, 9.17) is 4.74 Å². The summed E-state index contributed by atoms with van der Waals surface area (Å²) in [4.78, 5) is 18.9. The van der Waals surface area contributed by atoms with Crippen molar-refractivity contribution in [3.8, 4) is 10.6 Å². The molecule has 7 nitrogen and oxygen atoms in total. The highest BCUT2D eigenvalue weighted by molar-refractivity contribution is 7.14. The van der Waals surface area contributed by atoms with Crippen molar-refractivity contribution in [3.63, 3.8) is 0 Å². The average molecular weight is 383 g/mol. The third-order valence-electron chi connectivity index (χ3n) is 4.61. The van der Waals surface area contributed by atoms with Crippen LogP contribution in [0.1, 0.15) is 11.9 Å². The van der Waals surface area contributed by atoms with Gasteiger partial charge in [0.05, 0.1) is 19.8 Å². The van der Waals surface area contributed by atoms with Crippen molar-refractivity contribution in [2.24, 2.45) is 0 Å². The van der Waals surface area contributed by atoms with Gasteiger partial charge in [0.25, 0.3) is 0 Å². The first-order valence-corrected chi connectivity index (χ1v) is 9.72. The summed E-state index contributed by atoms with van der Waals surface area (Å²) in [6.45, 7) is 6.44. The Bertz CT molecular complexity index is 974. The summed E-state index contributed by atoms with van der Waals surface area (Å²) in [5.74, 6) is 0.491. The summed E-state index contributed by atoms with van der Waals surface area (Å²) in [6.07, 6.45) is 1.78. The standard InChI is InChI=1S/C19H21N5O2S/c1-12-11-26-6-5-24(12)10-18(25)21-17-8-16-7-14(3-4-15(16)9-20-17)19-23-22-13(2)27-19/h3-4,7-9,12H,5-6,10-11H2,1-2H3,(H,20,21,25). The first kappa shape index (κ1) is 18.0. The Morgan fingerprint density at radius 2 is 2.22 bits per heavy atom. The van der Waals surface area contributed by atoms with Crippen molar-refractivity contribution < 1.29 is 9.53 Å². The molecular formula is C19H21N5O2S. The Morgan fingerprint density at radius 1 is 1.33 bits per heavy atom. The second kappa shape index (κ2) is 7.67. The van der Waals surface area contributed by atoms with Crippen LogP contribution >= 0.6 is 11.3 Å². The lowest BCUT2D eigenvalue weighted by Crippen LogP contribution is -2.47. The molecule has 0 aliphatic carbocycles. The number of amides is 1. The molecule has 1 amide bonds. The van der Waals surface area contributed by atoms with Crippen LogP contribution in [0.5, 0.6) is 0 Å². The molecule has 0 saturated carbocycles. The second-order valence-corrected chi connectivity index (χ2v) is 7.88. The van der Waals surface area contributed by atoms with Gasteiger partial charge >= 0.3 is 0 Å². The number of pyridine rings is 1. The van der Waals surface area contributed by atoms with Crippen LogP contribution < -0.4 is 5.32 Å². The van der Waals surface area contributed by atoms with Crippen LogP contribution in [-0.2, 0) is 9.53 Å². The lowest BCUT2D eigenvalue weighted by Gasteiger charge is -2.32. The van der Waals surface area contributed by atoms with E-state index >= 15 is 0 Å². The van der Waals surface area contributed by atoms with Gasteiger partial charge in [-0.3, -0.25) is 9.69 Å². The minimum Gasteiger partial charge on any atom is -0.379 e. The number of ether oxygens (including phenoxy) is 1. The zero-order valence-electron chi connectivity index (χ0n) is 15.3. The molecule has 0 spiro atoms. The van der Waals surface area contributed by atoms with Crippen LogP contribution in [0.3, 0.4) is 0 Å². The molecule has 27 heavy (non-hydrogen) atoms. The summed E-state index contributed by atoms with van der Waals surface area (Å²) < 4.78 is 5.41. The van der Waals surface area contributed by atoms with Crippen LogP contribution in [0, 0.1) is 6.92 Å². The van der Waals surface area contributed by atoms with Crippen LogP contribution in [0.2, 0.25) is 0 Å². The minimum atomic E-state index is -0.0634. The molecular weight excluding hydrogens is 362 g/mol. The summed E-state index contributed by atoms with van der Waals surface area (Å²) in [7, 11) is 0. The lowest BCUT2D eigenvalue weighted by atomic mass is 10.1. The lowest BCUT2D eigenvalue weighted by molar-refractivity contribution is -0.119. The predicted molar refractivity (Wildman–Crippen MR) is 106 cm³/mol. The van der Waals surface area contributed by atoms with E-state index in [1.165, 1.54) is 0 Å². The summed E-state index contributed by atoms with van der Waals surface area (Å²) in [5, 5.41) is 15.0. The molecule has 1 aliphatic rings. The molecule has 1 aromatic carbocycles. The van der Waals surface area contributed by atoms with E-state index in [0.717, 1.165) is 32.9 Å². The molecule has 3 heterocycles. The smallest absolute Gasteiger partial charge is 0.239 e. The van der Waals surface area contributed by atoms with Gasteiger partial charge in [0.1, 0.15) is 15.8 Å². The topological polar surface area (TPSA) is 80.2 Å². The number of carbonyl (C=O) groups is 1. The number of aryl methyl sites for hydroxylation is 1. The zero-order valence-corrected chi connectivity index (χ0v) is 16.1.